The fraction of sp³-hybridized carbons (Fsp3) is 0.730. The van der Waals surface area contributed by atoms with Gasteiger partial charge in [-0.25, -0.2) is 0 Å². The quantitative estimate of drug-likeness (QED) is 0.0262. The summed E-state index contributed by atoms with van der Waals surface area (Å²) in [5.41, 5.74) is 0. The first-order chi connectivity index (χ1) is 34.0. The lowest BCUT2D eigenvalue weighted by Crippen LogP contribution is -2.30. The minimum Gasteiger partial charge on any atom is -0.462 e. The number of hydrogen-bond donors (Lipinski definition) is 0. The molecule has 396 valence electrons. The Morgan fingerprint density at radius 2 is 0.594 bits per heavy atom. The molecule has 0 bridgehead atoms. The minimum atomic E-state index is -0.809. The molecular formula is C63H108O6. The van der Waals surface area contributed by atoms with Crippen molar-refractivity contribution >= 4 is 17.9 Å². The van der Waals surface area contributed by atoms with Crippen molar-refractivity contribution in [2.45, 2.75) is 284 Å². The van der Waals surface area contributed by atoms with Crippen molar-refractivity contribution in [3.05, 3.63) is 85.1 Å². The fourth-order valence-corrected chi connectivity index (χ4v) is 8.05. The van der Waals surface area contributed by atoms with Gasteiger partial charge in [0.2, 0.25) is 0 Å². The molecule has 0 aromatic heterocycles. The van der Waals surface area contributed by atoms with Gasteiger partial charge >= 0.3 is 17.9 Å². The Labute approximate surface area is 426 Å². The van der Waals surface area contributed by atoms with E-state index >= 15 is 0 Å². The molecule has 0 amide bonds. The average molecular weight is 962 g/mol. The molecule has 0 aromatic carbocycles. The van der Waals surface area contributed by atoms with E-state index < -0.39 is 6.10 Å². The highest BCUT2D eigenvalue weighted by Gasteiger charge is 2.19. The van der Waals surface area contributed by atoms with Crippen LogP contribution in [0.5, 0.6) is 0 Å². The normalized spacial score (nSPS) is 12.7. The number of rotatable bonds is 52. The van der Waals surface area contributed by atoms with E-state index in [1.165, 1.54) is 141 Å². The lowest BCUT2D eigenvalue weighted by atomic mass is 10.0. The Kier molecular flexibility index (Phi) is 54.3. The highest BCUT2D eigenvalue weighted by atomic mass is 16.6. The fourth-order valence-electron chi connectivity index (χ4n) is 8.05. The van der Waals surface area contributed by atoms with Crippen molar-refractivity contribution in [1.82, 2.24) is 0 Å². The van der Waals surface area contributed by atoms with Gasteiger partial charge in [-0.2, -0.15) is 0 Å². The first kappa shape index (κ1) is 65.6. The van der Waals surface area contributed by atoms with Crippen LogP contribution in [0, 0.1) is 0 Å². The first-order valence-corrected chi connectivity index (χ1v) is 29.1. The minimum absolute atomic E-state index is 0.102. The number of carbonyl (C=O) groups excluding carboxylic acids is 3. The summed E-state index contributed by atoms with van der Waals surface area (Å²) in [4.78, 5) is 38.1. The van der Waals surface area contributed by atoms with Gasteiger partial charge in [0.25, 0.3) is 0 Å². The summed E-state index contributed by atoms with van der Waals surface area (Å²) in [6, 6.07) is 0. The zero-order valence-corrected chi connectivity index (χ0v) is 45.3. The molecule has 0 saturated carbocycles. The van der Waals surface area contributed by atoms with E-state index in [9.17, 15) is 14.4 Å². The van der Waals surface area contributed by atoms with Gasteiger partial charge in [0.05, 0.1) is 0 Å². The third kappa shape index (κ3) is 55.4. The predicted octanol–water partition coefficient (Wildman–Crippen LogP) is 19.5. The molecule has 6 nitrogen and oxygen atoms in total. The molecular weight excluding hydrogens is 853 g/mol. The summed E-state index contributed by atoms with van der Waals surface area (Å²) in [5, 5.41) is 0. The second kappa shape index (κ2) is 57.2. The number of ether oxygens (including phenoxy) is 3. The van der Waals surface area contributed by atoms with Crippen LogP contribution in [0.4, 0.5) is 0 Å². The Hall–Kier alpha value is -3.41. The molecule has 0 radical (unpaired) electrons. The van der Waals surface area contributed by atoms with Gasteiger partial charge < -0.3 is 14.2 Å². The maximum atomic E-state index is 12.9. The smallest absolute Gasteiger partial charge is 0.306 e. The van der Waals surface area contributed by atoms with Gasteiger partial charge in [-0.1, -0.05) is 260 Å². The van der Waals surface area contributed by atoms with Crippen molar-refractivity contribution in [2.75, 3.05) is 13.2 Å². The first-order valence-electron chi connectivity index (χ1n) is 29.1. The maximum Gasteiger partial charge on any atom is 0.306 e. The van der Waals surface area contributed by atoms with Gasteiger partial charge in [-0.05, 0) is 83.5 Å². The molecule has 0 unspecified atom stereocenters. The lowest BCUT2D eigenvalue weighted by Gasteiger charge is -2.18. The molecule has 0 fully saturated rings. The molecule has 1 atom stereocenters. The van der Waals surface area contributed by atoms with Crippen LogP contribution in [0.2, 0.25) is 0 Å². The molecule has 69 heavy (non-hydrogen) atoms. The van der Waals surface area contributed by atoms with Crippen LogP contribution >= 0.6 is 0 Å². The van der Waals surface area contributed by atoms with Crippen LogP contribution in [0.15, 0.2) is 85.1 Å². The second-order valence-electron chi connectivity index (χ2n) is 19.2. The number of unbranched alkanes of at least 4 members (excludes halogenated alkanes) is 27. The third-order valence-electron chi connectivity index (χ3n) is 12.4. The van der Waals surface area contributed by atoms with E-state index in [1.807, 2.05) is 6.08 Å². The van der Waals surface area contributed by atoms with Crippen LogP contribution in [0.3, 0.4) is 0 Å². The SMILES string of the molecule is CC/C=C\C/C=C\C/C=C\C/C=C\C/C=C\C/C=C\CCC(=O)OC[C@@H](COC(=O)CCCCCCC/C=C\CCCCCC)OC(=O)CCCCCCCCCCCCCCCCCCCCC. The molecule has 0 rings (SSSR count). The topological polar surface area (TPSA) is 78.9 Å². The summed E-state index contributed by atoms with van der Waals surface area (Å²) >= 11 is 0. The molecule has 0 heterocycles. The number of esters is 3. The highest BCUT2D eigenvalue weighted by molar-refractivity contribution is 5.71. The number of allylic oxidation sites excluding steroid dienone is 14. The lowest BCUT2D eigenvalue weighted by molar-refractivity contribution is -0.166. The number of carbonyl (C=O) groups is 3. The van der Waals surface area contributed by atoms with Crippen molar-refractivity contribution in [3.63, 3.8) is 0 Å². The predicted molar refractivity (Wildman–Crippen MR) is 297 cm³/mol. The summed E-state index contributed by atoms with van der Waals surface area (Å²) in [5.74, 6) is -0.989. The second-order valence-corrected chi connectivity index (χ2v) is 19.2. The number of hydrogen-bond acceptors (Lipinski definition) is 6. The van der Waals surface area contributed by atoms with Gasteiger partial charge in [-0.3, -0.25) is 14.4 Å². The summed E-state index contributed by atoms with van der Waals surface area (Å²) in [6.45, 7) is 6.46. The Morgan fingerprint density at radius 1 is 0.304 bits per heavy atom. The zero-order chi connectivity index (χ0) is 50.0. The van der Waals surface area contributed by atoms with Crippen LogP contribution in [0.1, 0.15) is 278 Å². The third-order valence-corrected chi connectivity index (χ3v) is 12.4. The van der Waals surface area contributed by atoms with Crippen LogP contribution in [-0.4, -0.2) is 37.2 Å². The Bertz CT molecular complexity index is 1330. The molecule has 0 aliphatic heterocycles. The Balaban J connectivity index is 4.46. The zero-order valence-electron chi connectivity index (χ0n) is 45.3. The van der Waals surface area contributed by atoms with E-state index in [2.05, 4.69) is 99.8 Å². The van der Waals surface area contributed by atoms with Gasteiger partial charge in [0.15, 0.2) is 6.10 Å². The van der Waals surface area contributed by atoms with Crippen LogP contribution < -0.4 is 0 Å². The van der Waals surface area contributed by atoms with Crippen molar-refractivity contribution in [3.8, 4) is 0 Å². The summed E-state index contributed by atoms with van der Waals surface area (Å²) in [7, 11) is 0. The molecule has 6 heteroatoms. The van der Waals surface area contributed by atoms with E-state index in [-0.39, 0.29) is 37.5 Å². The maximum absolute atomic E-state index is 12.9. The monoisotopic (exact) mass is 961 g/mol. The van der Waals surface area contributed by atoms with E-state index in [0.717, 1.165) is 89.9 Å². The molecule has 0 aliphatic carbocycles. The molecule has 0 N–H and O–H groups in total. The van der Waals surface area contributed by atoms with Gasteiger partial charge in [0, 0.05) is 19.3 Å². The van der Waals surface area contributed by atoms with Crippen molar-refractivity contribution in [1.29, 1.82) is 0 Å². The largest absolute Gasteiger partial charge is 0.462 e. The van der Waals surface area contributed by atoms with Crippen LogP contribution in [-0.2, 0) is 28.6 Å². The van der Waals surface area contributed by atoms with Gasteiger partial charge in [0.1, 0.15) is 13.2 Å². The van der Waals surface area contributed by atoms with Crippen molar-refractivity contribution in [2.24, 2.45) is 0 Å². The summed E-state index contributed by atoms with van der Waals surface area (Å²) < 4.78 is 16.8. The highest BCUT2D eigenvalue weighted by Crippen LogP contribution is 2.16. The van der Waals surface area contributed by atoms with Crippen LogP contribution in [0.25, 0.3) is 0 Å². The van der Waals surface area contributed by atoms with E-state index in [1.54, 1.807) is 0 Å². The summed E-state index contributed by atoms with van der Waals surface area (Å²) in [6.07, 6.45) is 74.5. The standard InChI is InChI=1S/C63H108O6/c1-4-7-10-13-16-19-22-25-27-29-31-33-35-38-41-44-47-50-53-56-62(65)68-59-60(58-67-61(64)55-52-49-46-43-40-37-24-21-18-15-12-9-6-3)69-63(66)57-54-51-48-45-42-39-36-34-32-30-28-26-23-20-17-14-11-8-5-2/h7,10,16,19,21,24-25,27,31,33,38,41,47,50,60H,4-6,8-9,11-15,17-18,20,22-23,26,28-30,32,34-37,39-40,42-46,48-49,51-59H2,1-3H3/b10-7-,19-16-,24-21-,27-25-,33-31-,41-38-,50-47-/t60-/m1/s1. The molecule has 0 aromatic rings. The van der Waals surface area contributed by atoms with Crippen molar-refractivity contribution < 1.29 is 28.6 Å². The molecule has 0 saturated heterocycles. The van der Waals surface area contributed by atoms with Gasteiger partial charge in [-0.15, -0.1) is 0 Å². The van der Waals surface area contributed by atoms with E-state index in [4.69, 9.17) is 14.2 Å². The van der Waals surface area contributed by atoms with E-state index in [0.29, 0.717) is 19.3 Å². The molecule has 0 aliphatic rings. The average Bonchev–Trinajstić information content (AvgIpc) is 3.35. The molecule has 0 spiro atoms. The Morgan fingerprint density at radius 3 is 0.986 bits per heavy atom.